The number of nitrogens with one attached hydrogen (secondary N) is 1. The van der Waals surface area contributed by atoms with E-state index in [4.69, 9.17) is 5.26 Å². The maximum absolute atomic E-state index is 13.7. The lowest BCUT2D eigenvalue weighted by Crippen LogP contribution is -1.98. The molecule has 0 radical (unpaired) electrons. The first-order valence-corrected chi connectivity index (χ1v) is 6.51. The first kappa shape index (κ1) is 13.1. The van der Waals surface area contributed by atoms with Gasteiger partial charge in [0, 0.05) is 16.8 Å². The van der Waals surface area contributed by atoms with E-state index in [1.165, 1.54) is 6.07 Å². The highest BCUT2D eigenvalue weighted by Gasteiger charge is 2.10. The van der Waals surface area contributed by atoms with Crippen molar-refractivity contribution in [3.05, 3.63) is 65.6 Å². The van der Waals surface area contributed by atoms with Gasteiger partial charge in [-0.2, -0.15) is 5.26 Å². The second-order valence-electron chi connectivity index (χ2n) is 4.73. The maximum Gasteiger partial charge on any atom is 0.143 e. The van der Waals surface area contributed by atoms with Crippen LogP contribution in [0.5, 0.6) is 0 Å². The molecule has 1 N–H and O–H groups in total. The number of hydrogen-bond donors (Lipinski definition) is 1. The molecule has 21 heavy (non-hydrogen) atoms. The van der Waals surface area contributed by atoms with Crippen molar-refractivity contribution in [2.45, 2.75) is 6.92 Å². The molecule has 3 aromatic rings. The van der Waals surface area contributed by atoms with Crippen LogP contribution in [0.25, 0.3) is 10.9 Å². The Hall–Kier alpha value is -2.93. The Morgan fingerprint density at radius 2 is 1.90 bits per heavy atom. The van der Waals surface area contributed by atoms with Crippen molar-refractivity contribution in [3.8, 4) is 6.07 Å². The molecular weight excluding hydrogens is 265 g/mol. The Balaban J connectivity index is 2.15. The molecule has 102 valence electrons. The number of aryl methyl sites for hydroxylation is 1. The highest BCUT2D eigenvalue weighted by atomic mass is 19.1. The number of hydrogen-bond acceptors (Lipinski definition) is 3. The third-order valence-corrected chi connectivity index (χ3v) is 3.24. The molecule has 0 saturated carbocycles. The molecule has 1 heterocycles. The van der Waals surface area contributed by atoms with E-state index in [1.54, 1.807) is 12.1 Å². The number of anilines is 2. The third-order valence-electron chi connectivity index (χ3n) is 3.24. The van der Waals surface area contributed by atoms with Gasteiger partial charge in [-0.25, -0.2) is 4.39 Å². The lowest BCUT2D eigenvalue weighted by atomic mass is 10.1. The fourth-order valence-corrected chi connectivity index (χ4v) is 2.30. The van der Waals surface area contributed by atoms with Crippen LogP contribution in [0.1, 0.15) is 11.3 Å². The lowest BCUT2D eigenvalue weighted by molar-refractivity contribution is 0.624. The molecule has 0 saturated heterocycles. The second kappa shape index (κ2) is 5.22. The van der Waals surface area contributed by atoms with Crippen LogP contribution in [-0.4, -0.2) is 4.98 Å². The van der Waals surface area contributed by atoms with Crippen LogP contribution in [0.2, 0.25) is 0 Å². The van der Waals surface area contributed by atoms with Crippen LogP contribution in [0.3, 0.4) is 0 Å². The number of halogens is 1. The minimum atomic E-state index is -0.530. The summed E-state index contributed by atoms with van der Waals surface area (Å²) in [6, 6.07) is 16.0. The number of para-hydroxylation sites is 1. The first-order chi connectivity index (χ1) is 10.2. The fraction of sp³-hybridized carbons (Fsp3) is 0.0588. The molecule has 1 aromatic heterocycles. The summed E-state index contributed by atoms with van der Waals surface area (Å²) in [5.41, 5.74) is 2.98. The average Bonchev–Trinajstić information content (AvgIpc) is 2.47. The molecule has 3 nitrogen and oxygen atoms in total. The van der Waals surface area contributed by atoms with Crippen molar-refractivity contribution in [2.75, 3.05) is 5.32 Å². The molecule has 0 aliphatic heterocycles. The molecule has 0 aliphatic carbocycles. The number of nitriles is 1. The monoisotopic (exact) mass is 277 g/mol. The van der Waals surface area contributed by atoms with Crippen LogP contribution in [-0.2, 0) is 0 Å². The van der Waals surface area contributed by atoms with Crippen molar-refractivity contribution in [2.24, 2.45) is 0 Å². The topological polar surface area (TPSA) is 48.7 Å². The lowest BCUT2D eigenvalue weighted by Gasteiger charge is -2.12. The summed E-state index contributed by atoms with van der Waals surface area (Å²) in [4.78, 5) is 4.46. The number of rotatable bonds is 2. The van der Waals surface area contributed by atoms with Crippen molar-refractivity contribution in [3.63, 3.8) is 0 Å². The predicted octanol–water partition coefficient (Wildman–Crippen LogP) is 4.30. The molecule has 3 rings (SSSR count). The standard InChI is InChI=1S/C17H12FN3/c1-11-9-17(12-5-2-3-7-15(12)20-11)21-16-8-4-6-14(18)13(16)10-19/h2-9H,1H3,(H,20,21). The van der Waals surface area contributed by atoms with Crippen LogP contribution in [0, 0.1) is 24.1 Å². The summed E-state index contributed by atoms with van der Waals surface area (Å²) in [6.45, 7) is 1.90. The molecular formula is C17H12FN3. The molecule has 0 unspecified atom stereocenters. The zero-order valence-electron chi connectivity index (χ0n) is 11.4. The SMILES string of the molecule is Cc1cc(Nc2cccc(F)c2C#N)c2ccccc2n1. The number of aromatic nitrogens is 1. The van der Waals surface area contributed by atoms with Gasteiger partial charge in [-0.05, 0) is 31.2 Å². The van der Waals surface area contributed by atoms with Gasteiger partial charge >= 0.3 is 0 Å². The van der Waals surface area contributed by atoms with Gasteiger partial charge < -0.3 is 5.32 Å². The molecule has 0 bridgehead atoms. The molecule has 4 heteroatoms. The van der Waals surface area contributed by atoms with E-state index in [0.717, 1.165) is 22.3 Å². The molecule has 0 fully saturated rings. The highest BCUT2D eigenvalue weighted by Crippen LogP contribution is 2.28. The van der Waals surface area contributed by atoms with E-state index in [9.17, 15) is 4.39 Å². The zero-order valence-corrected chi connectivity index (χ0v) is 11.4. The number of pyridine rings is 1. The van der Waals surface area contributed by atoms with Crippen molar-refractivity contribution in [1.29, 1.82) is 5.26 Å². The van der Waals surface area contributed by atoms with Crippen molar-refractivity contribution in [1.82, 2.24) is 4.98 Å². The second-order valence-corrected chi connectivity index (χ2v) is 4.73. The van der Waals surface area contributed by atoms with Gasteiger partial charge in [0.25, 0.3) is 0 Å². The van der Waals surface area contributed by atoms with Crippen molar-refractivity contribution < 1.29 is 4.39 Å². The van der Waals surface area contributed by atoms with Crippen LogP contribution >= 0.6 is 0 Å². The van der Waals surface area contributed by atoms with E-state index < -0.39 is 5.82 Å². The molecule has 0 spiro atoms. The zero-order chi connectivity index (χ0) is 14.8. The van der Waals surface area contributed by atoms with Gasteiger partial charge in [0.1, 0.15) is 17.4 Å². The van der Waals surface area contributed by atoms with Gasteiger partial charge in [-0.15, -0.1) is 0 Å². The smallest absolute Gasteiger partial charge is 0.143 e. The summed E-state index contributed by atoms with van der Waals surface area (Å²) in [5.74, 6) is -0.530. The minimum absolute atomic E-state index is 0.0102. The Labute approximate surface area is 121 Å². The van der Waals surface area contributed by atoms with Crippen LogP contribution < -0.4 is 5.32 Å². The van der Waals surface area contributed by atoms with Crippen molar-refractivity contribution >= 4 is 22.3 Å². The van der Waals surface area contributed by atoms with Gasteiger partial charge in [0.2, 0.25) is 0 Å². The molecule has 0 amide bonds. The third kappa shape index (κ3) is 2.41. The van der Waals surface area contributed by atoms with Gasteiger partial charge in [0.05, 0.1) is 11.2 Å². The van der Waals surface area contributed by atoms with Gasteiger partial charge in [-0.1, -0.05) is 24.3 Å². The summed E-state index contributed by atoms with van der Waals surface area (Å²) in [7, 11) is 0. The summed E-state index contributed by atoms with van der Waals surface area (Å²) >= 11 is 0. The predicted molar refractivity (Wildman–Crippen MR) is 80.9 cm³/mol. The average molecular weight is 277 g/mol. The molecule has 0 aliphatic rings. The largest absolute Gasteiger partial charge is 0.354 e. The van der Waals surface area contributed by atoms with Crippen LogP contribution in [0.4, 0.5) is 15.8 Å². The maximum atomic E-state index is 13.7. The summed E-state index contributed by atoms with van der Waals surface area (Å²) in [6.07, 6.45) is 0. The Morgan fingerprint density at radius 1 is 1.10 bits per heavy atom. The van der Waals surface area contributed by atoms with E-state index in [2.05, 4.69) is 10.3 Å². The Kier molecular flexibility index (Phi) is 3.25. The van der Waals surface area contributed by atoms with E-state index >= 15 is 0 Å². The van der Waals surface area contributed by atoms with Crippen LogP contribution in [0.15, 0.2) is 48.5 Å². The fourth-order valence-electron chi connectivity index (χ4n) is 2.30. The summed E-state index contributed by atoms with van der Waals surface area (Å²) < 4.78 is 13.7. The van der Waals surface area contributed by atoms with Gasteiger partial charge in [-0.3, -0.25) is 4.98 Å². The number of nitrogens with zero attached hydrogens (tertiary/aromatic N) is 2. The normalized spacial score (nSPS) is 10.3. The minimum Gasteiger partial charge on any atom is -0.354 e. The number of benzene rings is 2. The Bertz CT molecular complexity index is 866. The molecule has 0 atom stereocenters. The number of fused-ring (bicyclic) bond motifs is 1. The van der Waals surface area contributed by atoms with Gasteiger partial charge in [0.15, 0.2) is 0 Å². The first-order valence-electron chi connectivity index (χ1n) is 6.51. The molecule has 2 aromatic carbocycles. The highest BCUT2D eigenvalue weighted by molar-refractivity contribution is 5.93. The van der Waals surface area contributed by atoms with E-state index in [0.29, 0.717) is 5.69 Å². The Morgan fingerprint density at radius 3 is 2.71 bits per heavy atom. The van der Waals surface area contributed by atoms with E-state index in [1.807, 2.05) is 43.3 Å². The van der Waals surface area contributed by atoms with E-state index in [-0.39, 0.29) is 5.56 Å². The summed E-state index contributed by atoms with van der Waals surface area (Å²) in [5, 5.41) is 13.2. The quantitative estimate of drug-likeness (QED) is 0.759.